The Morgan fingerprint density at radius 3 is 1.56 bits per heavy atom. The van der Waals surface area contributed by atoms with E-state index in [1.807, 2.05) is 6.92 Å². The molecule has 0 saturated heterocycles. The molecule has 0 aliphatic carbocycles. The van der Waals surface area contributed by atoms with Crippen LogP contribution in [0.4, 0.5) is 0 Å². The summed E-state index contributed by atoms with van der Waals surface area (Å²) in [7, 11) is -9.24. The summed E-state index contributed by atoms with van der Waals surface area (Å²) in [5.41, 5.74) is 0. The van der Waals surface area contributed by atoms with E-state index in [2.05, 4.69) is 0 Å². The number of hydrogen-bond acceptors (Lipinski definition) is 6. The quantitative estimate of drug-likeness (QED) is 0.524. The Morgan fingerprint density at radius 1 is 0.704 bits per heavy atom. The third-order valence-corrected chi connectivity index (χ3v) is 6.85. The highest BCUT2D eigenvalue weighted by Crippen LogP contribution is 2.21. The lowest BCUT2D eigenvalue weighted by Gasteiger charge is -2.21. The molecule has 0 spiro atoms. The van der Waals surface area contributed by atoms with E-state index >= 15 is 0 Å². The molecule has 2 rings (SSSR count). The molecule has 27 heavy (non-hydrogen) atoms. The van der Waals surface area contributed by atoms with Crippen molar-refractivity contribution < 1.29 is 25.2 Å². The molecular formula is C18H23NO6S2. The monoisotopic (exact) mass is 413 g/mol. The lowest BCUT2D eigenvalue weighted by Crippen LogP contribution is -2.42. The minimum absolute atomic E-state index is 0.0194. The van der Waals surface area contributed by atoms with Crippen LogP contribution in [0.1, 0.15) is 32.6 Å². The minimum Gasteiger partial charge on any atom is -0.370 e. The van der Waals surface area contributed by atoms with Crippen LogP contribution in [0.15, 0.2) is 60.7 Å². The molecule has 0 unspecified atom stereocenters. The van der Waals surface area contributed by atoms with Crippen molar-refractivity contribution in [3.63, 3.8) is 0 Å². The topological polar surface area (TPSA) is 90.0 Å². The van der Waals surface area contributed by atoms with Crippen molar-refractivity contribution in [3.05, 3.63) is 60.7 Å². The van der Waals surface area contributed by atoms with Gasteiger partial charge < -0.3 is 8.37 Å². The molecule has 7 nitrogen and oxygen atoms in total. The van der Waals surface area contributed by atoms with Gasteiger partial charge in [-0.2, -0.15) is 16.8 Å². The molecule has 2 aromatic carbocycles. The normalized spacial score (nSPS) is 12.1. The second-order valence-corrected chi connectivity index (χ2v) is 8.92. The van der Waals surface area contributed by atoms with Gasteiger partial charge in [0.1, 0.15) is 11.5 Å². The Bertz CT molecular complexity index is 828. The Kier molecular flexibility index (Phi) is 7.64. The van der Waals surface area contributed by atoms with Crippen molar-refractivity contribution in [1.82, 2.24) is 3.71 Å². The van der Waals surface area contributed by atoms with Gasteiger partial charge in [0.25, 0.3) is 0 Å². The zero-order chi connectivity index (χ0) is 19.8. The van der Waals surface area contributed by atoms with E-state index in [0.717, 1.165) is 12.8 Å². The van der Waals surface area contributed by atoms with Gasteiger partial charge in [0.2, 0.25) is 0 Å². The zero-order valence-corrected chi connectivity index (χ0v) is 16.7. The second-order valence-electron chi connectivity index (χ2n) is 5.77. The van der Waals surface area contributed by atoms with Gasteiger partial charge in [0.05, 0.1) is 0 Å². The third-order valence-electron chi connectivity index (χ3n) is 3.58. The van der Waals surface area contributed by atoms with E-state index in [1.165, 1.54) is 24.3 Å². The predicted octanol–water partition coefficient (Wildman–Crippen LogP) is 3.52. The first-order chi connectivity index (χ1) is 12.8. The first-order valence-electron chi connectivity index (χ1n) is 8.62. The first-order valence-corrected chi connectivity index (χ1v) is 11.3. The molecule has 0 amide bonds. The maximum atomic E-state index is 12.6. The summed E-state index contributed by atoms with van der Waals surface area (Å²) in [4.78, 5) is 0. The van der Waals surface area contributed by atoms with Gasteiger partial charge in [-0.3, -0.25) is 0 Å². The van der Waals surface area contributed by atoms with E-state index in [-0.39, 0.29) is 21.8 Å². The van der Waals surface area contributed by atoms with Crippen LogP contribution in [-0.4, -0.2) is 27.1 Å². The lowest BCUT2D eigenvalue weighted by molar-refractivity contribution is 0.384. The highest BCUT2D eigenvalue weighted by atomic mass is 32.3. The lowest BCUT2D eigenvalue weighted by atomic mass is 10.2. The van der Waals surface area contributed by atoms with Crippen LogP contribution in [0, 0.1) is 0 Å². The fourth-order valence-electron chi connectivity index (χ4n) is 2.28. The van der Waals surface area contributed by atoms with E-state index in [0.29, 0.717) is 12.8 Å². The summed E-state index contributed by atoms with van der Waals surface area (Å²) in [6.07, 6.45) is 2.85. The van der Waals surface area contributed by atoms with Crippen molar-refractivity contribution in [2.45, 2.75) is 32.6 Å². The van der Waals surface area contributed by atoms with E-state index < -0.39 is 20.6 Å². The SMILES string of the molecule is CCCCCCN(S(=O)(=O)Oc1ccccc1)S(=O)(=O)Oc1ccccc1. The molecule has 148 valence electrons. The van der Waals surface area contributed by atoms with Gasteiger partial charge in [-0.05, 0) is 34.4 Å². The molecule has 0 aliphatic heterocycles. The first kappa shape index (κ1) is 21.2. The predicted molar refractivity (Wildman–Crippen MR) is 103 cm³/mol. The van der Waals surface area contributed by atoms with Crippen LogP contribution < -0.4 is 8.37 Å². The van der Waals surface area contributed by atoms with Crippen molar-refractivity contribution in [1.29, 1.82) is 0 Å². The van der Waals surface area contributed by atoms with Crippen molar-refractivity contribution in [2.24, 2.45) is 0 Å². The number of para-hydroxylation sites is 2. The number of rotatable bonds is 11. The van der Waals surface area contributed by atoms with Gasteiger partial charge in [0.15, 0.2) is 0 Å². The average molecular weight is 414 g/mol. The molecule has 0 aromatic heterocycles. The number of nitrogens with zero attached hydrogens (tertiary/aromatic N) is 1. The molecule has 0 atom stereocenters. The molecule has 0 N–H and O–H groups in total. The highest BCUT2D eigenvalue weighted by molar-refractivity contribution is 7.99. The Morgan fingerprint density at radius 2 is 1.15 bits per heavy atom. The summed E-state index contributed by atoms with van der Waals surface area (Å²) in [5.74, 6) is 0.0388. The number of benzene rings is 2. The summed E-state index contributed by atoms with van der Waals surface area (Å²) in [5, 5.41) is 0. The molecule has 0 bridgehead atoms. The molecule has 0 saturated carbocycles. The van der Waals surface area contributed by atoms with Gasteiger partial charge >= 0.3 is 20.6 Å². The van der Waals surface area contributed by atoms with Gasteiger partial charge in [-0.25, -0.2) is 0 Å². The molecular weight excluding hydrogens is 390 g/mol. The van der Waals surface area contributed by atoms with Crippen molar-refractivity contribution in [3.8, 4) is 11.5 Å². The summed E-state index contributed by atoms with van der Waals surface area (Å²) in [6, 6.07) is 15.5. The Hall–Kier alpha value is -2.10. The van der Waals surface area contributed by atoms with Crippen molar-refractivity contribution >= 4 is 20.6 Å². The second kappa shape index (κ2) is 9.72. The van der Waals surface area contributed by atoms with Crippen LogP contribution in [0.2, 0.25) is 0 Å². The fourth-order valence-corrected chi connectivity index (χ4v) is 4.94. The Labute approximate surface area is 161 Å². The average Bonchev–Trinajstić information content (AvgIpc) is 2.62. The van der Waals surface area contributed by atoms with Gasteiger partial charge in [-0.1, -0.05) is 62.6 Å². The minimum atomic E-state index is -4.62. The van der Waals surface area contributed by atoms with E-state index in [1.54, 1.807) is 36.4 Å². The van der Waals surface area contributed by atoms with Crippen molar-refractivity contribution in [2.75, 3.05) is 6.54 Å². The molecule has 0 aliphatic rings. The molecule has 0 fully saturated rings. The van der Waals surface area contributed by atoms with Crippen LogP contribution in [-0.2, 0) is 20.6 Å². The van der Waals surface area contributed by atoms with Crippen LogP contribution >= 0.6 is 0 Å². The number of hydrogen-bond donors (Lipinski definition) is 0. The van der Waals surface area contributed by atoms with E-state index in [9.17, 15) is 16.8 Å². The molecule has 0 heterocycles. The van der Waals surface area contributed by atoms with Gasteiger partial charge in [-0.15, -0.1) is 0 Å². The smallest absolute Gasteiger partial charge is 0.370 e. The molecule has 9 heteroatoms. The van der Waals surface area contributed by atoms with E-state index in [4.69, 9.17) is 8.37 Å². The summed E-state index contributed by atoms with van der Waals surface area (Å²) >= 11 is 0. The Balaban J connectivity index is 2.26. The largest absolute Gasteiger partial charge is 0.401 e. The summed E-state index contributed by atoms with van der Waals surface area (Å²) < 4.78 is 60.8. The maximum Gasteiger partial charge on any atom is 0.401 e. The summed E-state index contributed by atoms with van der Waals surface area (Å²) in [6.45, 7) is 1.74. The van der Waals surface area contributed by atoms with Crippen LogP contribution in [0.25, 0.3) is 0 Å². The third kappa shape index (κ3) is 6.53. The fraction of sp³-hybridized carbons (Fsp3) is 0.333. The standard InChI is InChI=1S/C18H23NO6S2/c1-2-3-4-11-16-19(26(20,21)24-17-12-7-5-8-13-17)27(22,23)25-18-14-9-6-10-15-18/h5-10,12-15H,2-4,11,16H2,1H3. The molecule has 0 radical (unpaired) electrons. The number of unbranched alkanes of at least 4 members (excludes halogenated alkanes) is 3. The van der Waals surface area contributed by atoms with Crippen LogP contribution in [0.3, 0.4) is 0 Å². The van der Waals surface area contributed by atoms with Gasteiger partial charge in [0, 0.05) is 6.54 Å². The zero-order valence-electron chi connectivity index (χ0n) is 15.0. The van der Waals surface area contributed by atoms with Crippen LogP contribution in [0.5, 0.6) is 11.5 Å². The highest BCUT2D eigenvalue weighted by Gasteiger charge is 2.37. The maximum absolute atomic E-state index is 12.6. The molecule has 2 aromatic rings.